The van der Waals surface area contributed by atoms with Crippen LogP contribution in [0.25, 0.3) is 0 Å². The van der Waals surface area contributed by atoms with Crippen LogP contribution in [0.2, 0.25) is 0 Å². The molecule has 0 heterocycles. The van der Waals surface area contributed by atoms with E-state index >= 15 is 0 Å². The van der Waals surface area contributed by atoms with Crippen molar-refractivity contribution in [3.63, 3.8) is 0 Å². The predicted molar refractivity (Wildman–Crippen MR) is 82.6 cm³/mol. The molecule has 1 unspecified atom stereocenters. The number of nitrogen functional groups attached to an aromatic ring is 1. The van der Waals surface area contributed by atoms with Crippen LogP contribution in [0.15, 0.2) is 18.2 Å². The van der Waals surface area contributed by atoms with Crippen molar-refractivity contribution >= 4 is 17.3 Å². The molecule has 1 aromatic carbocycles. The Balaban J connectivity index is 2.39. The zero-order valence-electron chi connectivity index (χ0n) is 12.5. The van der Waals surface area contributed by atoms with Crippen molar-refractivity contribution in [1.82, 2.24) is 4.90 Å². The Morgan fingerprint density at radius 3 is 2.85 bits per heavy atom. The molecule has 4 N–H and O–H groups in total. The van der Waals surface area contributed by atoms with Crippen molar-refractivity contribution in [3.05, 3.63) is 23.8 Å². The maximum atomic E-state index is 11.9. The Kier molecular flexibility index (Phi) is 6.48. The van der Waals surface area contributed by atoms with Crippen molar-refractivity contribution in [1.29, 1.82) is 0 Å². The van der Waals surface area contributed by atoms with E-state index in [4.69, 9.17) is 10.8 Å². The second-order valence-corrected chi connectivity index (χ2v) is 5.18. The Labute approximate surface area is 120 Å². The predicted octanol–water partition coefficient (Wildman–Crippen LogP) is 1.61. The number of aliphatic hydroxyl groups excluding tert-OH is 1. The minimum Gasteiger partial charge on any atom is -0.398 e. The first-order valence-electron chi connectivity index (χ1n) is 6.91. The van der Waals surface area contributed by atoms with Gasteiger partial charge in [0.05, 0.1) is 6.61 Å². The molecule has 0 saturated heterocycles. The van der Waals surface area contributed by atoms with Gasteiger partial charge in [-0.05, 0) is 51.6 Å². The highest BCUT2D eigenvalue weighted by Gasteiger charge is 2.09. The van der Waals surface area contributed by atoms with Gasteiger partial charge in [-0.15, -0.1) is 0 Å². The van der Waals surface area contributed by atoms with Crippen LogP contribution >= 0.6 is 0 Å². The maximum Gasteiger partial charge on any atom is 0.224 e. The highest BCUT2D eigenvalue weighted by molar-refractivity contribution is 5.92. The number of rotatable bonds is 7. The number of likely N-dealkylation sites (N-methyl/N-ethyl adjacent to an activating group) is 1. The van der Waals surface area contributed by atoms with Crippen LogP contribution in [0.5, 0.6) is 0 Å². The lowest BCUT2D eigenvalue weighted by Gasteiger charge is -2.22. The lowest BCUT2D eigenvalue weighted by molar-refractivity contribution is -0.116. The van der Waals surface area contributed by atoms with Gasteiger partial charge in [-0.1, -0.05) is 6.07 Å². The fourth-order valence-corrected chi connectivity index (χ4v) is 1.85. The zero-order valence-corrected chi connectivity index (χ0v) is 12.5. The fourth-order valence-electron chi connectivity index (χ4n) is 1.85. The summed E-state index contributed by atoms with van der Waals surface area (Å²) in [5.74, 6) is -0.0104. The van der Waals surface area contributed by atoms with E-state index in [9.17, 15) is 4.79 Å². The summed E-state index contributed by atoms with van der Waals surface area (Å²) in [7, 11) is 1.95. The van der Waals surface area contributed by atoms with Crippen molar-refractivity contribution in [2.45, 2.75) is 32.7 Å². The standard InChI is InChI=1S/C15H25N3O2/c1-11(10-19)18(3)9-5-8-15(20)17-14-7-4-6-13(16)12(14)2/h4,6-7,11,19H,5,8-10,16H2,1-3H3,(H,17,20). The van der Waals surface area contributed by atoms with E-state index in [0.29, 0.717) is 12.1 Å². The van der Waals surface area contributed by atoms with Gasteiger partial charge in [0, 0.05) is 23.8 Å². The molecule has 0 aliphatic heterocycles. The topological polar surface area (TPSA) is 78.6 Å². The molecule has 0 bridgehead atoms. The van der Waals surface area contributed by atoms with Gasteiger partial charge in [-0.2, -0.15) is 0 Å². The summed E-state index contributed by atoms with van der Waals surface area (Å²) in [5.41, 5.74) is 8.15. The van der Waals surface area contributed by atoms with Crippen molar-refractivity contribution in [2.24, 2.45) is 0 Å². The molecule has 20 heavy (non-hydrogen) atoms. The van der Waals surface area contributed by atoms with E-state index in [-0.39, 0.29) is 18.6 Å². The third-order valence-corrected chi connectivity index (χ3v) is 3.58. The second-order valence-electron chi connectivity index (χ2n) is 5.18. The number of nitrogens with zero attached hydrogens (tertiary/aromatic N) is 1. The molecular formula is C15H25N3O2. The first kappa shape index (κ1) is 16.5. The summed E-state index contributed by atoms with van der Waals surface area (Å²) in [5, 5.41) is 11.9. The quantitative estimate of drug-likeness (QED) is 0.663. The molecule has 0 fully saturated rings. The highest BCUT2D eigenvalue weighted by atomic mass is 16.3. The smallest absolute Gasteiger partial charge is 0.224 e. The van der Waals surface area contributed by atoms with Crippen LogP contribution in [0.3, 0.4) is 0 Å². The molecule has 1 rings (SSSR count). The average Bonchev–Trinajstić information content (AvgIpc) is 2.42. The number of hydrogen-bond acceptors (Lipinski definition) is 4. The van der Waals surface area contributed by atoms with E-state index in [1.165, 1.54) is 0 Å². The normalized spacial score (nSPS) is 12.4. The molecule has 0 aliphatic rings. The van der Waals surface area contributed by atoms with Crippen LogP contribution < -0.4 is 11.1 Å². The Bertz CT molecular complexity index is 449. The van der Waals surface area contributed by atoms with E-state index in [2.05, 4.69) is 5.32 Å². The largest absolute Gasteiger partial charge is 0.398 e. The van der Waals surface area contributed by atoms with Crippen LogP contribution in [-0.4, -0.2) is 42.2 Å². The van der Waals surface area contributed by atoms with Gasteiger partial charge in [-0.25, -0.2) is 0 Å². The van der Waals surface area contributed by atoms with Gasteiger partial charge in [0.25, 0.3) is 0 Å². The molecule has 0 aliphatic carbocycles. The Hall–Kier alpha value is -1.59. The molecule has 0 aromatic heterocycles. The van der Waals surface area contributed by atoms with E-state index in [1.54, 1.807) is 0 Å². The van der Waals surface area contributed by atoms with Gasteiger partial charge < -0.3 is 21.1 Å². The average molecular weight is 279 g/mol. The number of benzene rings is 1. The van der Waals surface area contributed by atoms with Crippen LogP contribution in [0.1, 0.15) is 25.3 Å². The number of amides is 1. The molecule has 0 saturated carbocycles. The number of nitrogens with one attached hydrogen (secondary N) is 1. The summed E-state index contributed by atoms with van der Waals surface area (Å²) in [6, 6.07) is 5.61. The van der Waals surface area contributed by atoms with Gasteiger partial charge in [0.15, 0.2) is 0 Å². The van der Waals surface area contributed by atoms with E-state index < -0.39 is 0 Å². The summed E-state index contributed by atoms with van der Waals surface area (Å²) in [6.45, 7) is 4.76. The number of hydrogen-bond donors (Lipinski definition) is 3. The zero-order chi connectivity index (χ0) is 15.1. The SMILES string of the molecule is Cc1c(N)cccc1NC(=O)CCCN(C)C(C)CO. The number of carbonyl (C=O) groups is 1. The maximum absolute atomic E-state index is 11.9. The molecular weight excluding hydrogens is 254 g/mol. The molecule has 0 radical (unpaired) electrons. The van der Waals surface area contributed by atoms with Crippen LogP contribution in [0.4, 0.5) is 11.4 Å². The lowest BCUT2D eigenvalue weighted by Crippen LogP contribution is -2.33. The summed E-state index contributed by atoms with van der Waals surface area (Å²) >= 11 is 0. The van der Waals surface area contributed by atoms with Crippen LogP contribution in [-0.2, 0) is 4.79 Å². The monoisotopic (exact) mass is 279 g/mol. The number of anilines is 2. The third-order valence-electron chi connectivity index (χ3n) is 3.58. The van der Waals surface area contributed by atoms with E-state index in [0.717, 1.165) is 24.2 Å². The van der Waals surface area contributed by atoms with Gasteiger partial charge in [0.1, 0.15) is 0 Å². The summed E-state index contributed by atoms with van der Waals surface area (Å²) < 4.78 is 0. The minimum atomic E-state index is -0.0104. The van der Waals surface area contributed by atoms with Crippen LogP contribution in [0, 0.1) is 6.92 Å². The molecule has 0 spiro atoms. The van der Waals surface area contributed by atoms with Crippen molar-refractivity contribution < 1.29 is 9.90 Å². The van der Waals surface area contributed by atoms with Gasteiger partial charge >= 0.3 is 0 Å². The molecule has 112 valence electrons. The minimum absolute atomic E-state index is 0.0104. The molecule has 1 atom stereocenters. The third kappa shape index (κ3) is 4.83. The fraction of sp³-hybridized carbons (Fsp3) is 0.533. The van der Waals surface area contributed by atoms with Gasteiger partial charge in [0.2, 0.25) is 5.91 Å². The van der Waals surface area contributed by atoms with Crippen molar-refractivity contribution in [3.8, 4) is 0 Å². The number of nitrogens with two attached hydrogens (primary N) is 1. The Morgan fingerprint density at radius 1 is 1.50 bits per heavy atom. The molecule has 1 amide bonds. The highest BCUT2D eigenvalue weighted by Crippen LogP contribution is 2.20. The summed E-state index contributed by atoms with van der Waals surface area (Å²) in [4.78, 5) is 13.9. The first-order chi connectivity index (χ1) is 9.45. The molecule has 5 nitrogen and oxygen atoms in total. The number of aliphatic hydroxyl groups is 1. The Morgan fingerprint density at radius 2 is 2.20 bits per heavy atom. The van der Waals surface area contributed by atoms with E-state index in [1.807, 2.05) is 44.0 Å². The molecule has 1 aromatic rings. The number of carbonyl (C=O) groups excluding carboxylic acids is 1. The second kappa shape index (κ2) is 7.87. The lowest BCUT2D eigenvalue weighted by atomic mass is 10.1. The summed E-state index contributed by atoms with van der Waals surface area (Å²) in [6.07, 6.45) is 1.21. The van der Waals surface area contributed by atoms with Gasteiger partial charge in [-0.3, -0.25) is 4.79 Å². The first-order valence-corrected chi connectivity index (χ1v) is 6.91. The molecule has 5 heteroatoms. The van der Waals surface area contributed by atoms with Crippen molar-refractivity contribution in [2.75, 3.05) is 31.2 Å².